The number of benzene rings is 3. The van der Waals surface area contributed by atoms with Crippen LogP contribution in [0, 0.1) is 13.8 Å². The molecular weight excluding hydrogens is 484 g/mol. The molecule has 3 aromatic carbocycles. The summed E-state index contributed by atoms with van der Waals surface area (Å²) >= 11 is 3.43. The first-order valence-electron chi connectivity index (χ1n) is 10.2. The number of aromatic nitrogens is 1. The van der Waals surface area contributed by atoms with Crippen molar-refractivity contribution < 1.29 is 14.4 Å². The Balaban J connectivity index is 1.66. The number of nitrogens with zero attached hydrogens (tertiary/aromatic N) is 1. The summed E-state index contributed by atoms with van der Waals surface area (Å²) in [6.45, 7) is 3.82. The molecule has 0 aliphatic heterocycles. The summed E-state index contributed by atoms with van der Waals surface area (Å²) < 4.78 is 2.15. The molecule has 0 aliphatic carbocycles. The van der Waals surface area contributed by atoms with Gasteiger partial charge in [0.1, 0.15) is 5.69 Å². The normalized spacial score (nSPS) is 10.6. The number of nitrogens with one attached hydrogen (secondary N) is 3. The Kier molecular flexibility index (Phi) is 6.28. The molecule has 7 nitrogen and oxygen atoms in total. The lowest BCUT2D eigenvalue weighted by Crippen LogP contribution is -2.36. The van der Waals surface area contributed by atoms with Gasteiger partial charge in [0.25, 0.3) is 5.91 Å². The molecular formula is C25H21BrN4O3. The van der Waals surface area contributed by atoms with Gasteiger partial charge in [-0.25, -0.2) is 4.68 Å². The van der Waals surface area contributed by atoms with Crippen molar-refractivity contribution in [2.45, 2.75) is 13.8 Å². The number of hydrogen-bond acceptors (Lipinski definition) is 3. The fourth-order valence-corrected chi connectivity index (χ4v) is 3.90. The van der Waals surface area contributed by atoms with Gasteiger partial charge >= 0.3 is 11.8 Å². The lowest BCUT2D eigenvalue weighted by molar-refractivity contribution is -0.133. The topological polar surface area (TPSA) is 92.2 Å². The highest BCUT2D eigenvalue weighted by atomic mass is 79.9. The number of fused-ring (bicyclic) bond motifs is 1. The number of anilines is 2. The molecule has 0 saturated carbocycles. The van der Waals surface area contributed by atoms with Gasteiger partial charge in [0, 0.05) is 21.2 Å². The Morgan fingerprint density at radius 1 is 0.788 bits per heavy atom. The Labute approximate surface area is 198 Å². The van der Waals surface area contributed by atoms with Crippen LogP contribution in [0.5, 0.6) is 0 Å². The van der Waals surface area contributed by atoms with E-state index in [9.17, 15) is 14.4 Å². The van der Waals surface area contributed by atoms with E-state index >= 15 is 0 Å². The Hall–Kier alpha value is -3.91. The van der Waals surface area contributed by atoms with E-state index in [1.54, 1.807) is 48.5 Å². The molecule has 33 heavy (non-hydrogen) atoms. The Morgan fingerprint density at radius 3 is 2.18 bits per heavy atom. The van der Waals surface area contributed by atoms with E-state index in [2.05, 4.69) is 32.0 Å². The maximum absolute atomic E-state index is 13.2. The zero-order valence-corrected chi connectivity index (χ0v) is 19.6. The summed E-state index contributed by atoms with van der Waals surface area (Å²) in [6, 6.07) is 21.4. The van der Waals surface area contributed by atoms with Crippen LogP contribution < -0.4 is 16.1 Å². The number of carbonyl (C=O) groups excluding carboxylic acids is 3. The van der Waals surface area contributed by atoms with Gasteiger partial charge in [-0.05, 0) is 61.4 Å². The van der Waals surface area contributed by atoms with Crippen molar-refractivity contribution in [2.75, 3.05) is 16.1 Å². The van der Waals surface area contributed by atoms with Crippen molar-refractivity contribution in [3.63, 3.8) is 0 Å². The summed E-state index contributed by atoms with van der Waals surface area (Å²) in [5.74, 6) is -2.16. The molecule has 4 rings (SSSR count). The van der Waals surface area contributed by atoms with Gasteiger partial charge in [-0.15, -0.1) is 0 Å². The number of rotatable bonds is 4. The van der Waals surface area contributed by atoms with Crippen LogP contribution in [0.2, 0.25) is 0 Å². The minimum absolute atomic E-state index is 0.187. The minimum Gasteiger partial charge on any atom is -0.320 e. The Bertz CT molecular complexity index is 1360. The summed E-state index contributed by atoms with van der Waals surface area (Å²) in [6.07, 6.45) is 0. The van der Waals surface area contributed by atoms with Gasteiger partial charge in [0.2, 0.25) is 0 Å². The highest BCUT2D eigenvalue weighted by Crippen LogP contribution is 2.25. The van der Waals surface area contributed by atoms with E-state index in [1.807, 2.05) is 38.1 Å². The number of para-hydroxylation sites is 2. The lowest BCUT2D eigenvalue weighted by atomic mass is 10.1. The van der Waals surface area contributed by atoms with E-state index in [0.717, 1.165) is 21.0 Å². The maximum atomic E-state index is 13.2. The summed E-state index contributed by atoms with van der Waals surface area (Å²) in [7, 11) is 0. The first-order valence-corrected chi connectivity index (χ1v) is 11.0. The number of carbonyl (C=O) groups is 3. The van der Waals surface area contributed by atoms with Crippen LogP contribution in [0.4, 0.5) is 11.4 Å². The largest absolute Gasteiger partial charge is 0.328 e. The average Bonchev–Trinajstić information content (AvgIpc) is 3.14. The van der Waals surface area contributed by atoms with Crippen molar-refractivity contribution in [3.8, 4) is 0 Å². The second-order valence-corrected chi connectivity index (χ2v) is 8.47. The van der Waals surface area contributed by atoms with Gasteiger partial charge in [0.15, 0.2) is 0 Å². The van der Waals surface area contributed by atoms with Gasteiger partial charge in [0.05, 0.1) is 5.52 Å². The second kappa shape index (κ2) is 9.30. The van der Waals surface area contributed by atoms with Crippen LogP contribution in [-0.4, -0.2) is 22.4 Å². The zero-order chi connectivity index (χ0) is 23.5. The summed E-state index contributed by atoms with van der Waals surface area (Å²) in [5, 5.41) is 6.19. The monoisotopic (exact) mass is 504 g/mol. The van der Waals surface area contributed by atoms with E-state index in [4.69, 9.17) is 0 Å². The molecule has 0 fully saturated rings. The SMILES string of the molecule is Cc1cccc(C)c1NC(=O)c1cc2cc(Br)ccc2n1NC(=O)C(=O)Nc1ccccc1. The molecule has 0 radical (unpaired) electrons. The van der Waals surface area contributed by atoms with Crippen molar-refractivity contribution in [1.82, 2.24) is 4.68 Å². The number of amides is 3. The average molecular weight is 505 g/mol. The van der Waals surface area contributed by atoms with Crippen LogP contribution in [0.1, 0.15) is 21.6 Å². The third-order valence-electron chi connectivity index (χ3n) is 5.17. The van der Waals surface area contributed by atoms with Gasteiger partial charge in [-0.2, -0.15) is 0 Å². The van der Waals surface area contributed by atoms with Crippen LogP contribution in [0.25, 0.3) is 10.9 Å². The molecule has 4 aromatic rings. The van der Waals surface area contributed by atoms with Crippen LogP contribution in [-0.2, 0) is 9.59 Å². The number of hydrogen-bond donors (Lipinski definition) is 3. The highest BCUT2D eigenvalue weighted by Gasteiger charge is 2.22. The number of aryl methyl sites for hydroxylation is 2. The van der Waals surface area contributed by atoms with Crippen LogP contribution in [0.15, 0.2) is 77.3 Å². The van der Waals surface area contributed by atoms with Crippen LogP contribution >= 0.6 is 15.9 Å². The molecule has 1 aromatic heterocycles. The minimum atomic E-state index is -0.902. The van der Waals surface area contributed by atoms with Gasteiger partial charge < -0.3 is 10.6 Å². The third kappa shape index (κ3) is 4.80. The van der Waals surface area contributed by atoms with E-state index < -0.39 is 17.7 Å². The zero-order valence-electron chi connectivity index (χ0n) is 18.0. The molecule has 1 heterocycles. The van der Waals surface area contributed by atoms with Gasteiger partial charge in [-0.3, -0.25) is 19.8 Å². The molecule has 8 heteroatoms. The fraction of sp³-hybridized carbons (Fsp3) is 0.0800. The first-order chi connectivity index (χ1) is 15.8. The molecule has 166 valence electrons. The van der Waals surface area contributed by atoms with Crippen molar-refractivity contribution in [3.05, 3.63) is 94.1 Å². The lowest BCUT2D eigenvalue weighted by Gasteiger charge is -2.14. The first kappa shape index (κ1) is 22.3. The smallest absolute Gasteiger partial charge is 0.320 e. The van der Waals surface area contributed by atoms with Crippen LogP contribution in [0.3, 0.4) is 0 Å². The van der Waals surface area contributed by atoms with E-state index in [0.29, 0.717) is 16.9 Å². The van der Waals surface area contributed by atoms with Gasteiger partial charge in [-0.1, -0.05) is 52.3 Å². The molecule has 0 saturated heterocycles. The maximum Gasteiger partial charge on any atom is 0.328 e. The molecule has 3 N–H and O–H groups in total. The standard InChI is InChI=1S/C25H21BrN4O3/c1-15-7-6-8-16(2)22(15)28-23(31)21-14-17-13-18(26)11-12-20(17)30(21)29-25(33)24(32)27-19-9-4-3-5-10-19/h3-14H,1-2H3,(H,27,32)(H,28,31)(H,29,33). The highest BCUT2D eigenvalue weighted by molar-refractivity contribution is 9.10. The molecule has 0 atom stereocenters. The van der Waals surface area contributed by atoms with E-state index in [1.165, 1.54) is 4.68 Å². The predicted molar refractivity (Wildman–Crippen MR) is 133 cm³/mol. The molecule has 0 bridgehead atoms. The quantitative estimate of drug-likeness (QED) is 0.342. The molecule has 0 unspecified atom stereocenters. The molecule has 3 amide bonds. The predicted octanol–water partition coefficient (Wildman–Crippen LogP) is 4.98. The Morgan fingerprint density at radius 2 is 1.48 bits per heavy atom. The third-order valence-corrected chi connectivity index (χ3v) is 5.66. The molecule has 0 aliphatic rings. The summed E-state index contributed by atoms with van der Waals surface area (Å²) in [4.78, 5) is 38.4. The van der Waals surface area contributed by atoms with E-state index in [-0.39, 0.29) is 5.69 Å². The van der Waals surface area contributed by atoms with Crippen molar-refractivity contribution in [1.29, 1.82) is 0 Å². The molecule has 0 spiro atoms. The fourth-order valence-electron chi connectivity index (χ4n) is 3.52. The van der Waals surface area contributed by atoms with Crippen molar-refractivity contribution in [2.24, 2.45) is 0 Å². The number of halogens is 1. The second-order valence-electron chi connectivity index (χ2n) is 7.55. The van der Waals surface area contributed by atoms with Crippen molar-refractivity contribution >= 4 is 55.9 Å². The summed E-state index contributed by atoms with van der Waals surface area (Å²) in [5.41, 5.74) is 6.35.